The zero-order chi connectivity index (χ0) is 17.3. The van der Waals surface area contributed by atoms with Crippen LogP contribution in [0, 0.1) is 0 Å². The number of hydrogen-bond donors (Lipinski definition) is 1. The van der Waals surface area contributed by atoms with Crippen molar-refractivity contribution in [3.8, 4) is 11.1 Å². The fourth-order valence-electron chi connectivity index (χ4n) is 3.35. The molecule has 0 unspecified atom stereocenters. The van der Waals surface area contributed by atoms with Gasteiger partial charge in [-0.25, -0.2) is 0 Å². The maximum Gasteiger partial charge on any atom is 0.0391 e. The van der Waals surface area contributed by atoms with E-state index < -0.39 is 0 Å². The van der Waals surface area contributed by atoms with Crippen LogP contribution in [-0.2, 0) is 0 Å². The van der Waals surface area contributed by atoms with Crippen molar-refractivity contribution in [1.29, 1.82) is 0 Å². The van der Waals surface area contributed by atoms with Gasteiger partial charge in [0.25, 0.3) is 0 Å². The van der Waals surface area contributed by atoms with Crippen molar-refractivity contribution in [1.82, 2.24) is 0 Å². The van der Waals surface area contributed by atoms with Gasteiger partial charge < -0.3 is 5.32 Å². The van der Waals surface area contributed by atoms with Crippen LogP contribution in [0.25, 0.3) is 31.3 Å². The highest BCUT2D eigenvalue weighted by Gasteiger charge is 2.05. The largest absolute Gasteiger partial charge is 0.356 e. The molecule has 26 heavy (non-hydrogen) atoms. The lowest BCUT2D eigenvalue weighted by Gasteiger charge is -2.08. The van der Waals surface area contributed by atoms with E-state index in [0.29, 0.717) is 0 Å². The van der Waals surface area contributed by atoms with Crippen molar-refractivity contribution in [2.45, 2.75) is 0 Å². The predicted octanol–water partition coefficient (Wildman–Crippen LogP) is 7.47. The molecule has 124 valence electrons. The van der Waals surface area contributed by atoms with E-state index >= 15 is 0 Å². The first kappa shape index (κ1) is 15.2. The fraction of sp³-hybridized carbons (Fsp3) is 0. The number of hydrogen-bond acceptors (Lipinski definition) is 2. The molecule has 0 aliphatic rings. The fourth-order valence-corrected chi connectivity index (χ4v) is 4.43. The zero-order valence-corrected chi connectivity index (χ0v) is 15.0. The van der Waals surface area contributed by atoms with E-state index in [1.54, 1.807) is 0 Å². The molecule has 0 atom stereocenters. The van der Waals surface area contributed by atoms with E-state index in [-0.39, 0.29) is 0 Å². The molecule has 0 fully saturated rings. The summed E-state index contributed by atoms with van der Waals surface area (Å²) in [7, 11) is 0. The van der Waals surface area contributed by atoms with Crippen molar-refractivity contribution < 1.29 is 0 Å². The maximum atomic E-state index is 3.53. The minimum Gasteiger partial charge on any atom is -0.356 e. The van der Waals surface area contributed by atoms with E-state index in [1.807, 2.05) is 17.4 Å². The molecule has 0 aliphatic carbocycles. The van der Waals surface area contributed by atoms with Crippen LogP contribution in [0.5, 0.6) is 0 Å². The Bertz CT molecular complexity index is 1190. The molecule has 2 heteroatoms. The Labute approximate surface area is 156 Å². The third-order valence-corrected chi connectivity index (χ3v) is 5.81. The van der Waals surface area contributed by atoms with Gasteiger partial charge in [0.1, 0.15) is 0 Å². The lowest BCUT2D eigenvalue weighted by atomic mass is 10.1. The second kappa shape index (κ2) is 6.32. The van der Waals surface area contributed by atoms with Crippen molar-refractivity contribution in [3.05, 3.63) is 97.1 Å². The average molecular weight is 351 g/mol. The lowest BCUT2D eigenvalue weighted by Crippen LogP contribution is -1.89. The van der Waals surface area contributed by atoms with Gasteiger partial charge in [0.2, 0.25) is 0 Å². The Kier molecular flexibility index (Phi) is 3.69. The molecule has 0 amide bonds. The monoisotopic (exact) mass is 351 g/mol. The van der Waals surface area contributed by atoms with Gasteiger partial charge in [-0.05, 0) is 47.5 Å². The molecule has 0 saturated carbocycles. The van der Waals surface area contributed by atoms with Crippen LogP contribution >= 0.6 is 11.3 Å². The van der Waals surface area contributed by atoms with Gasteiger partial charge >= 0.3 is 0 Å². The van der Waals surface area contributed by atoms with Gasteiger partial charge in [0.15, 0.2) is 0 Å². The van der Waals surface area contributed by atoms with Crippen molar-refractivity contribution in [3.63, 3.8) is 0 Å². The zero-order valence-electron chi connectivity index (χ0n) is 14.1. The van der Waals surface area contributed by atoms with E-state index in [1.165, 1.54) is 31.3 Å². The summed E-state index contributed by atoms with van der Waals surface area (Å²) in [6.45, 7) is 0. The van der Waals surface area contributed by atoms with Gasteiger partial charge in [0.05, 0.1) is 0 Å². The van der Waals surface area contributed by atoms with E-state index in [4.69, 9.17) is 0 Å². The van der Waals surface area contributed by atoms with Crippen LogP contribution in [0.15, 0.2) is 97.1 Å². The Morgan fingerprint density at radius 2 is 1.15 bits per heavy atom. The predicted molar refractivity (Wildman–Crippen MR) is 114 cm³/mol. The molecule has 0 spiro atoms. The molecule has 4 aromatic carbocycles. The molecule has 1 nitrogen and oxygen atoms in total. The average Bonchev–Trinajstić information content (AvgIpc) is 3.07. The number of anilines is 2. The molecule has 5 rings (SSSR count). The van der Waals surface area contributed by atoms with Crippen LogP contribution in [0.2, 0.25) is 0 Å². The van der Waals surface area contributed by atoms with Crippen LogP contribution < -0.4 is 5.32 Å². The molecule has 0 radical (unpaired) electrons. The topological polar surface area (TPSA) is 12.0 Å². The number of nitrogens with one attached hydrogen (secondary N) is 1. The maximum absolute atomic E-state index is 3.53. The van der Waals surface area contributed by atoms with E-state index in [2.05, 4.69) is 96.3 Å². The SMILES string of the molecule is c1ccc(-c2ccc(Nc3ccc4sc5ccccc5c4c3)cc2)cc1. The first-order chi connectivity index (χ1) is 12.9. The Morgan fingerprint density at radius 3 is 2.00 bits per heavy atom. The summed E-state index contributed by atoms with van der Waals surface area (Å²) in [6, 6.07) is 34.3. The number of fused-ring (bicyclic) bond motifs is 3. The third-order valence-electron chi connectivity index (χ3n) is 4.66. The van der Waals surface area contributed by atoms with Gasteiger partial charge in [0, 0.05) is 31.5 Å². The summed E-state index contributed by atoms with van der Waals surface area (Å²) in [5, 5.41) is 6.18. The lowest BCUT2D eigenvalue weighted by molar-refractivity contribution is 1.56. The Hall–Kier alpha value is -3.10. The number of benzene rings is 4. The second-order valence-electron chi connectivity index (χ2n) is 6.38. The first-order valence-electron chi connectivity index (χ1n) is 8.71. The molecule has 5 aromatic rings. The highest BCUT2D eigenvalue weighted by Crippen LogP contribution is 2.35. The smallest absolute Gasteiger partial charge is 0.0391 e. The van der Waals surface area contributed by atoms with Gasteiger partial charge in [-0.2, -0.15) is 0 Å². The van der Waals surface area contributed by atoms with E-state index in [0.717, 1.165) is 11.4 Å². The second-order valence-corrected chi connectivity index (χ2v) is 7.46. The molecule has 0 aliphatic heterocycles. The van der Waals surface area contributed by atoms with Gasteiger partial charge in [-0.15, -0.1) is 11.3 Å². The van der Waals surface area contributed by atoms with Crippen LogP contribution in [-0.4, -0.2) is 0 Å². The minimum atomic E-state index is 1.10. The van der Waals surface area contributed by atoms with Gasteiger partial charge in [-0.3, -0.25) is 0 Å². The third kappa shape index (κ3) is 2.75. The molecule has 0 saturated heterocycles. The summed E-state index contributed by atoms with van der Waals surface area (Å²) in [5.41, 5.74) is 4.69. The number of rotatable bonds is 3. The molecular weight excluding hydrogens is 334 g/mol. The Morgan fingerprint density at radius 1 is 0.500 bits per heavy atom. The van der Waals surface area contributed by atoms with Crippen molar-refractivity contribution in [2.24, 2.45) is 0 Å². The van der Waals surface area contributed by atoms with Crippen molar-refractivity contribution in [2.75, 3.05) is 5.32 Å². The Balaban J connectivity index is 1.46. The molecule has 0 bridgehead atoms. The first-order valence-corrected chi connectivity index (χ1v) is 9.52. The quantitative estimate of drug-likeness (QED) is 0.355. The minimum absolute atomic E-state index is 1.10. The summed E-state index contributed by atoms with van der Waals surface area (Å²) in [6.07, 6.45) is 0. The summed E-state index contributed by atoms with van der Waals surface area (Å²) in [5.74, 6) is 0. The van der Waals surface area contributed by atoms with Crippen molar-refractivity contribution >= 4 is 42.9 Å². The normalized spacial score (nSPS) is 11.1. The summed E-state index contributed by atoms with van der Waals surface area (Å²) >= 11 is 1.85. The van der Waals surface area contributed by atoms with Gasteiger partial charge in [-0.1, -0.05) is 60.7 Å². The van der Waals surface area contributed by atoms with Crippen LogP contribution in [0.1, 0.15) is 0 Å². The van der Waals surface area contributed by atoms with Crippen LogP contribution in [0.4, 0.5) is 11.4 Å². The molecule has 1 N–H and O–H groups in total. The summed E-state index contributed by atoms with van der Waals surface area (Å²) in [4.78, 5) is 0. The van der Waals surface area contributed by atoms with Crippen LogP contribution in [0.3, 0.4) is 0 Å². The molecular formula is C24H17NS. The number of thiophene rings is 1. The highest BCUT2D eigenvalue weighted by atomic mass is 32.1. The molecule has 1 aromatic heterocycles. The highest BCUT2D eigenvalue weighted by molar-refractivity contribution is 7.25. The molecule has 1 heterocycles. The van der Waals surface area contributed by atoms with E-state index in [9.17, 15) is 0 Å². The summed E-state index contributed by atoms with van der Waals surface area (Å²) < 4.78 is 2.67. The standard InChI is InChI=1S/C24H17NS/c1-2-6-17(7-3-1)18-10-12-19(13-11-18)25-20-14-15-24-22(16-20)21-8-4-5-9-23(21)26-24/h1-16,25H.